The maximum Gasteiger partial charge on any atom is 0.317 e. The van der Waals surface area contributed by atoms with Crippen LogP contribution in [-0.2, 0) is 22.4 Å². The number of hydrogen-bond acceptors (Lipinski definition) is 4. The van der Waals surface area contributed by atoms with Gasteiger partial charge in [0.25, 0.3) is 0 Å². The maximum absolute atomic E-state index is 14.4. The highest BCUT2D eigenvalue weighted by Gasteiger charge is 2.61. The Kier molecular flexibility index (Phi) is 4.72. The quantitative estimate of drug-likeness (QED) is 0.702. The maximum atomic E-state index is 14.4. The van der Waals surface area contributed by atoms with E-state index in [2.05, 4.69) is 9.97 Å². The Morgan fingerprint density at radius 1 is 0.833 bits per heavy atom. The zero-order valence-corrected chi connectivity index (χ0v) is 17.2. The molecule has 0 radical (unpaired) electrons. The Labute approximate surface area is 177 Å². The molecule has 0 saturated heterocycles. The third kappa shape index (κ3) is 3.24. The van der Waals surface area contributed by atoms with Crippen molar-refractivity contribution in [1.29, 1.82) is 0 Å². The summed E-state index contributed by atoms with van der Waals surface area (Å²) in [6.07, 6.45) is 13.4. The Bertz CT molecular complexity index is 865. The predicted molar refractivity (Wildman–Crippen MR) is 112 cm³/mol. The van der Waals surface area contributed by atoms with E-state index in [0.717, 1.165) is 30.4 Å². The van der Waals surface area contributed by atoms with Crippen LogP contribution < -0.4 is 0 Å². The third-order valence-electron chi connectivity index (χ3n) is 7.87. The molecule has 0 spiro atoms. The van der Waals surface area contributed by atoms with E-state index in [9.17, 15) is 14.7 Å². The molecule has 0 aromatic carbocycles. The molecule has 2 aromatic heterocycles. The summed E-state index contributed by atoms with van der Waals surface area (Å²) >= 11 is 0. The van der Waals surface area contributed by atoms with E-state index in [-0.39, 0.29) is 18.6 Å². The van der Waals surface area contributed by atoms with Crippen molar-refractivity contribution in [3.8, 4) is 0 Å². The lowest BCUT2D eigenvalue weighted by Crippen LogP contribution is -2.57. The van der Waals surface area contributed by atoms with Gasteiger partial charge in [0.05, 0.1) is 0 Å². The number of aliphatic carboxylic acids is 1. The minimum atomic E-state index is -1.46. The van der Waals surface area contributed by atoms with Crippen molar-refractivity contribution in [2.75, 3.05) is 0 Å². The summed E-state index contributed by atoms with van der Waals surface area (Å²) in [7, 11) is 0. The first-order chi connectivity index (χ1) is 14.5. The van der Waals surface area contributed by atoms with Crippen LogP contribution in [0.15, 0.2) is 49.1 Å². The molecule has 5 nitrogen and oxygen atoms in total. The van der Waals surface area contributed by atoms with Crippen LogP contribution in [0.25, 0.3) is 0 Å². The third-order valence-corrected chi connectivity index (χ3v) is 7.87. The molecule has 30 heavy (non-hydrogen) atoms. The molecule has 0 unspecified atom stereocenters. The van der Waals surface area contributed by atoms with Crippen molar-refractivity contribution >= 4 is 11.8 Å². The number of carboxylic acids is 1. The molecular weight excluding hydrogens is 376 g/mol. The van der Waals surface area contributed by atoms with Gasteiger partial charge in [0, 0.05) is 30.2 Å². The van der Waals surface area contributed by atoms with E-state index in [1.54, 1.807) is 24.8 Å². The summed E-state index contributed by atoms with van der Waals surface area (Å²) in [5.41, 5.74) is -0.235. The van der Waals surface area contributed by atoms with E-state index in [1.165, 1.54) is 19.3 Å². The molecule has 6 rings (SSSR count). The number of carbonyl (C=O) groups excluding carboxylic acids is 1. The number of carboxylic acid groups (broad SMARTS) is 1. The molecule has 4 fully saturated rings. The van der Waals surface area contributed by atoms with Crippen LogP contribution in [-0.4, -0.2) is 26.8 Å². The predicted octanol–water partition coefficient (Wildman–Crippen LogP) is 4.12. The average Bonchev–Trinajstić information content (AvgIpc) is 2.73. The summed E-state index contributed by atoms with van der Waals surface area (Å²) in [5.74, 6) is 0.739. The van der Waals surface area contributed by atoms with Gasteiger partial charge in [-0.15, -0.1) is 0 Å². The molecule has 4 bridgehead atoms. The number of rotatable bonds is 7. The molecule has 5 heteroatoms. The molecule has 4 saturated carbocycles. The number of nitrogens with zero attached hydrogens (tertiary/aromatic N) is 2. The average molecular weight is 405 g/mol. The monoisotopic (exact) mass is 404 g/mol. The lowest BCUT2D eigenvalue weighted by molar-refractivity contribution is -0.167. The van der Waals surface area contributed by atoms with Crippen LogP contribution in [0.4, 0.5) is 0 Å². The number of pyridine rings is 2. The summed E-state index contributed by atoms with van der Waals surface area (Å²) in [5, 5.41) is 10.6. The number of Topliss-reactive ketones (excluding diaryl/α,β-unsaturated/α-hetero) is 1. The Balaban J connectivity index is 1.57. The second kappa shape index (κ2) is 7.29. The lowest BCUT2D eigenvalue weighted by atomic mass is 9.46. The van der Waals surface area contributed by atoms with Crippen LogP contribution in [0.1, 0.15) is 49.7 Å². The van der Waals surface area contributed by atoms with Crippen molar-refractivity contribution in [3.63, 3.8) is 0 Å². The van der Waals surface area contributed by atoms with E-state index < -0.39 is 16.8 Å². The molecule has 0 amide bonds. The van der Waals surface area contributed by atoms with E-state index in [1.807, 2.05) is 24.3 Å². The van der Waals surface area contributed by atoms with Crippen molar-refractivity contribution in [1.82, 2.24) is 9.97 Å². The Morgan fingerprint density at radius 2 is 1.23 bits per heavy atom. The van der Waals surface area contributed by atoms with Gasteiger partial charge in [-0.05, 0) is 105 Å². The first-order valence-corrected chi connectivity index (χ1v) is 11.1. The first-order valence-electron chi connectivity index (χ1n) is 11.1. The highest BCUT2D eigenvalue weighted by molar-refractivity contribution is 6.06. The summed E-state index contributed by atoms with van der Waals surface area (Å²) < 4.78 is 0. The Morgan fingerprint density at radius 3 is 1.60 bits per heavy atom. The van der Waals surface area contributed by atoms with Gasteiger partial charge in [-0.3, -0.25) is 19.6 Å². The molecule has 0 aliphatic heterocycles. The molecular formula is C25H28N2O3. The SMILES string of the molecule is O=C(O)C(Cc1ccncc1)(Cc1ccncc1)C(=O)C12CC3CC(CC(C3)C1)C2. The number of carbonyl (C=O) groups is 2. The summed E-state index contributed by atoms with van der Waals surface area (Å²) in [6, 6.07) is 7.32. The standard InChI is InChI=1S/C25H28N2O3/c28-22(24-12-19-9-20(13-24)11-21(10-19)14-24)25(23(29)30,15-17-1-5-26-6-2-17)16-18-3-7-27-8-4-18/h1-8,19-21H,9-16H2,(H,29,30). The van der Waals surface area contributed by atoms with Crippen molar-refractivity contribution < 1.29 is 14.7 Å². The normalized spacial score (nSPS) is 29.7. The second-order valence-corrected chi connectivity index (χ2v) is 9.98. The number of ketones is 1. The van der Waals surface area contributed by atoms with Gasteiger partial charge in [-0.25, -0.2) is 0 Å². The van der Waals surface area contributed by atoms with Gasteiger partial charge in [-0.2, -0.15) is 0 Å². The van der Waals surface area contributed by atoms with Crippen molar-refractivity contribution in [2.45, 2.75) is 51.4 Å². The van der Waals surface area contributed by atoms with Gasteiger partial charge < -0.3 is 5.11 Å². The fourth-order valence-corrected chi connectivity index (χ4v) is 7.07. The van der Waals surface area contributed by atoms with Crippen LogP contribution in [0, 0.1) is 28.6 Å². The fraction of sp³-hybridized carbons (Fsp3) is 0.520. The van der Waals surface area contributed by atoms with Crippen LogP contribution in [0.5, 0.6) is 0 Å². The van der Waals surface area contributed by atoms with Crippen molar-refractivity contribution in [2.24, 2.45) is 28.6 Å². The molecule has 2 heterocycles. The topological polar surface area (TPSA) is 80.2 Å². The summed E-state index contributed by atoms with van der Waals surface area (Å²) in [6.45, 7) is 0. The van der Waals surface area contributed by atoms with E-state index >= 15 is 0 Å². The van der Waals surface area contributed by atoms with Gasteiger partial charge in [0.15, 0.2) is 5.78 Å². The van der Waals surface area contributed by atoms with Crippen molar-refractivity contribution in [3.05, 3.63) is 60.2 Å². The number of aromatic nitrogens is 2. The lowest BCUT2D eigenvalue weighted by Gasteiger charge is -2.57. The van der Waals surface area contributed by atoms with Crippen LogP contribution in [0.2, 0.25) is 0 Å². The van der Waals surface area contributed by atoms with Gasteiger partial charge >= 0.3 is 5.97 Å². The zero-order chi connectivity index (χ0) is 20.8. The minimum absolute atomic E-state index is 0.0322. The largest absolute Gasteiger partial charge is 0.480 e. The molecule has 4 aliphatic carbocycles. The van der Waals surface area contributed by atoms with Gasteiger partial charge in [0.1, 0.15) is 5.41 Å². The second-order valence-electron chi connectivity index (χ2n) is 9.98. The molecule has 2 aromatic rings. The smallest absolute Gasteiger partial charge is 0.317 e. The van der Waals surface area contributed by atoms with E-state index in [4.69, 9.17) is 0 Å². The van der Waals surface area contributed by atoms with Crippen LogP contribution >= 0.6 is 0 Å². The minimum Gasteiger partial charge on any atom is -0.480 e. The zero-order valence-electron chi connectivity index (χ0n) is 17.2. The highest BCUT2D eigenvalue weighted by Crippen LogP contribution is 2.62. The summed E-state index contributed by atoms with van der Waals surface area (Å²) in [4.78, 5) is 35.4. The Hall–Kier alpha value is -2.56. The molecule has 4 aliphatic rings. The van der Waals surface area contributed by atoms with Crippen LogP contribution in [0.3, 0.4) is 0 Å². The van der Waals surface area contributed by atoms with Gasteiger partial charge in [-0.1, -0.05) is 0 Å². The van der Waals surface area contributed by atoms with E-state index in [0.29, 0.717) is 17.8 Å². The highest BCUT2D eigenvalue weighted by atomic mass is 16.4. The molecule has 156 valence electrons. The number of hydrogen-bond donors (Lipinski definition) is 1. The molecule has 0 atom stereocenters. The fourth-order valence-electron chi connectivity index (χ4n) is 7.07. The molecule has 1 N–H and O–H groups in total. The van der Waals surface area contributed by atoms with Gasteiger partial charge in [0.2, 0.25) is 0 Å². The first kappa shape index (κ1) is 19.4.